The molecule has 9 heteroatoms. The van der Waals surface area contributed by atoms with Gasteiger partial charge in [-0.05, 0) is 66.3 Å². The number of alkyl halides is 2. The third-order valence-electron chi connectivity index (χ3n) is 4.06. The highest BCUT2D eigenvalue weighted by Crippen LogP contribution is 2.44. The van der Waals surface area contributed by atoms with E-state index in [4.69, 9.17) is 0 Å². The molecular formula is C18H13F2N3O3S. The highest BCUT2D eigenvalue weighted by Gasteiger charge is 2.43. The Hall–Kier alpha value is -3.07. The molecule has 6 nitrogen and oxygen atoms in total. The van der Waals surface area contributed by atoms with Crippen LogP contribution in [0, 0.1) is 13.8 Å². The lowest BCUT2D eigenvalue weighted by Crippen LogP contribution is -2.25. The van der Waals surface area contributed by atoms with Crippen molar-refractivity contribution in [3.63, 3.8) is 0 Å². The Morgan fingerprint density at radius 2 is 1.78 bits per heavy atom. The second-order valence-corrected chi connectivity index (χ2v) is 6.75. The van der Waals surface area contributed by atoms with Crippen LogP contribution < -0.4 is 14.8 Å². The van der Waals surface area contributed by atoms with Gasteiger partial charge in [-0.1, -0.05) is 16.6 Å². The first-order valence-electron chi connectivity index (χ1n) is 7.93. The van der Waals surface area contributed by atoms with Crippen LogP contribution in [-0.4, -0.2) is 21.8 Å². The van der Waals surface area contributed by atoms with E-state index in [1.165, 1.54) is 12.1 Å². The third kappa shape index (κ3) is 3.33. The topological polar surface area (TPSA) is 73.3 Å². The first-order chi connectivity index (χ1) is 12.8. The predicted molar refractivity (Wildman–Crippen MR) is 95.4 cm³/mol. The van der Waals surface area contributed by atoms with Gasteiger partial charge in [0.25, 0.3) is 5.91 Å². The maximum Gasteiger partial charge on any atom is 0.586 e. The Kier molecular flexibility index (Phi) is 4.03. The summed E-state index contributed by atoms with van der Waals surface area (Å²) in [4.78, 5) is 12.7. The number of benzene rings is 2. The van der Waals surface area contributed by atoms with Gasteiger partial charge in [-0.25, -0.2) is 0 Å². The minimum atomic E-state index is -3.65. The van der Waals surface area contributed by atoms with E-state index in [2.05, 4.69) is 24.4 Å². The minimum absolute atomic E-state index is 0.00819. The fraction of sp³-hybridized carbons (Fsp3) is 0.167. The molecule has 2 heterocycles. The molecule has 4 rings (SSSR count). The zero-order valence-electron chi connectivity index (χ0n) is 14.2. The van der Waals surface area contributed by atoms with Crippen LogP contribution in [0.1, 0.15) is 20.9 Å². The number of nitrogens with zero attached hydrogens (tertiary/aromatic N) is 2. The van der Waals surface area contributed by atoms with Gasteiger partial charge >= 0.3 is 6.29 Å². The Bertz CT molecular complexity index is 1030. The predicted octanol–water partition coefficient (Wildman–Crippen LogP) is 4.40. The Labute approximate surface area is 156 Å². The summed E-state index contributed by atoms with van der Waals surface area (Å²) in [6.45, 7) is 3.51. The third-order valence-corrected chi connectivity index (χ3v) is 4.89. The molecule has 1 amide bonds. The minimum Gasteiger partial charge on any atom is -0.395 e. The lowest BCUT2D eigenvalue weighted by molar-refractivity contribution is -0.286. The number of carbonyl (C=O) groups is 1. The second kappa shape index (κ2) is 6.27. The van der Waals surface area contributed by atoms with Gasteiger partial charge in [-0.3, -0.25) is 4.79 Å². The van der Waals surface area contributed by atoms with Crippen LogP contribution in [0.2, 0.25) is 0 Å². The largest absolute Gasteiger partial charge is 0.586 e. The van der Waals surface area contributed by atoms with Gasteiger partial charge in [0.2, 0.25) is 0 Å². The lowest BCUT2D eigenvalue weighted by atomic mass is 9.99. The highest BCUT2D eigenvalue weighted by atomic mass is 32.1. The Morgan fingerprint density at radius 1 is 1.11 bits per heavy atom. The Balaban J connectivity index is 1.57. The maximum absolute atomic E-state index is 13.2. The summed E-state index contributed by atoms with van der Waals surface area (Å²) < 4.78 is 39.2. The molecule has 2 aromatic carbocycles. The lowest BCUT2D eigenvalue weighted by Gasteiger charge is -2.09. The van der Waals surface area contributed by atoms with Gasteiger partial charge in [-0.15, -0.1) is 13.9 Å². The molecule has 138 valence electrons. The number of ether oxygens (including phenoxy) is 2. The van der Waals surface area contributed by atoms with Gasteiger partial charge in [0.1, 0.15) is 4.88 Å². The van der Waals surface area contributed by atoms with E-state index >= 15 is 0 Å². The van der Waals surface area contributed by atoms with E-state index in [1.807, 2.05) is 0 Å². The van der Waals surface area contributed by atoms with Crippen molar-refractivity contribution >= 4 is 23.1 Å². The van der Waals surface area contributed by atoms with Gasteiger partial charge in [0.15, 0.2) is 11.5 Å². The van der Waals surface area contributed by atoms with E-state index in [9.17, 15) is 13.6 Å². The number of halogens is 2. The normalized spacial score (nSPS) is 14.2. The molecule has 1 aromatic heterocycles. The zero-order valence-corrected chi connectivity index (χ0v) is 15.1. The van der Waals surface area contributed by atoms with Crippen molar-refractivity contribution in [1.29, 1.82) is 0 Å². The average molecular weight is 389 g/mol. The van der Waals surface area contributed by atoms with E-state index in [0.29, 0.717) is 16.3 Å². The van der Waals surface area contributed by atoms with Crippen LogP contribution in [0.15, 0.2) is 36.4 Å². The molecule has 0 radical (unpaired) electrons. The monoisotopic (exact) mass is 389 g/mol. The summed E-state index contributed by atoms with van der Waals surface area (Å²) in [5.74, 6) is -0.276. The molecule has 0 saturated carbocycles. The van der Waals surface area contributed by atoms with Crippen molar-refractivity contribution in [2.24, 2.45) is 0 Å². The summed E-state index contributed by atoms with van der Waals surface area (Å²) in [6.07, 6.45) is -3.65. The molecule has 0 spiro atoms. The molecule has 3 aromatic rings. The number of aromatic nitrogens is 2. The number of hydrogen-bond acceptors (Lipinski definition) is 6. The van der Waals surface area contributed by atoms with Crippen molar-refractivity contribution in [3.8, 4) is 22.6 Å². The molecule has 0 aliphatic carbocycles. The summed E-state index contributed by atoms with van der Waals surface area (Å²) in [5.41, 5.74) is 3.46. The van der Waals surface area contributed by atoms with E-state index < -0.39 is 6.29 Å². The standard InChI is InChI=1S/C18H13F2N3O3S/c1-9-7-14-15(26-18(19,20)25-14)8-13(9)11-3-5-12(6-4-11)21-17(24)16-10(2)22-23-27-16/h3-8H,1-2H3,(H,21,24). The zero-order chi connectivity index (χ0) is 19.2. The molecule has 0 fully saturated rings. The number of aryl methyl sites for hydroxylation is 2. The van der Waals surface area contributed by atoms with Crippen LogP contribution in [0.5, 0.6) is 11.5 Å². The number of rotatable bonds is 3. The first kappa shape index (κ1) is 17.3. The molecule has 0 atom stereocenters. The van der Waals surface area contributed by atoms with Gasteiger partial charge < -0.3 is 14.8 Å². The van der Waals surface area contributed by atoms with Crippen LogP contribution in [0.25, 0.3) is 11.1 Å². The number of anilines is 1. The fourth-order valence-electron chi connectivity index (χ4n) is 2.77. The summed E-state index contributed by atoms with van der Waals surface area (Å²) >= 11 is 1.03. The number of hydrogen-bond donors (Lipinski definition) is 1. The molecule has 1 N–H and O–H groups in total. The van der Waals surface area contributed by atoms with E-state index in [1.54, 1.807) is 38.1 Å². The summed E-state index contributed by atoms with van der Waals surface area (Å²) in [5, 5.41) is 6.59. The van der Waals surface area contributed by atoms with Crippen molar-refractivity contribution in [3.05, 3.63) is 52.5 Å². The fourth-order valence-corrected chi connectivity index (χ4v) is 3.32. The molecule has 0 bridgehead atoms. The van der Waals surface area contributed by atoms with E-state index in [0.717, 1.165) is 28.2 Å². The summed E-state index contributed by atoms with van der Waals surface area (Å²) in [6, 6.07) is 10.1. The van der Waals surface area contributed by atoms with Crippen molar-refractivity contribution in [2.45, 2.75) is 20.1 Å². The number of amides is 1. The first-order valence-corrected chi connectivity index (χ1v) is 8.71. The van der Waals surface area contributed by atoms with Crippen LogP contribution in [0.4, 0.5) is 14.5 Å². The number of nitrogens with one attached hydrogen (secondary N) is 1. The van der Waals surface area contributed by atoms with Crippen molar-refractivity contribution in [2.75, 3.05) is 5.32 Å². The summed E-state index contributed by atoms with van der Waals surface area (Å²) in [7, 11) is 0. The van der Waals surface area contributed by atoms with Gasteiger partial charge in [0, 0.05) is 5.69 Å². The van der Waals surface area contributed by atoms with Crippen LogP contribution in [-0.2, 0) is 0 Å². The highest BCUT2D eigenvalue weighted by molar-refractivity contribution is 7.08. The maximum atomic E-state index is 13.2. The smallest absolute Gasteiger partial charge is 0.395 e. The Morgan fingerprint density at radius 3 is 2.41 bits per heavy atom. The molecule has 0 saturated heterocycles. The second-order valence-electron chi connectivity index (χ2n) is 6.00. The molecule has 1 aliphatic rings. The molecule has 1 aliphatic heterocycles. The van der Waals surface area contributed by atoms with Gasteiger partial charge in [0.05, 0.1) is 5.69 Å². The van der Waals surface area contributed by atoms with Crippen molar-refractivity contribution < 1.29 is 23.0 Å². The SMILES string of the molecule is Cc1cc2c(cc1-c1ccc(NC(=O)c3snnc3C)cc1)OC(F)(F)O2. The van der Waals surface area contributed by atoms with Gasteiger partial charge in [-0.2, -0.15) is 0 Å². The van der Waals surface area contributed by atoms with E-state index in [-0.39, 0.29) is 17.4 Å². The molecule has 27 heavy (non-hydrogen) atoms. The van der Waals surface area contributed by atoms with Crippen LogP contribution in [0.3, 0.4) is 0 Å². The molecular weight excluding hydrogens is 376 g/mol. The number of fused-ring (bicyclic) bond motifs is 1. The van der Waals surface area contributed by atoms with Crippen molar-refractivity contribution in [1.82, 2.24) is 9.59 Å². The molecule has 0 unspecified atom stereocenters. The average Bonchev–Trinajstić information content (AvgIpc) is 3.16. The van der Waals surface area contributed by atoms with Crippen LogP contribution >= 0.6 is 11.5 Å². The number of carbonyl (C=O) groups excluding carboxylic acids is 1. The quantitative estimate of drug-likeness (QED) is 0.719.